The number of nitrogens with one attached hydrogen (secondary N) is 2. The van der Waals surface area contributed by atoms with Crippen molar-refractivity contribution < 1.29 is 38.3 Å². The average Bonchev–Trinajstić information content (AvgIpc) is 2.80. The van der Waals surface area contributed by atoms with Crippen molar-refractivity contribution in [1.29, 1.82) is 0 Å². The Hall–Kier alpha value is -4.35. The first-order valence-electron chi connectivity index (χ1n) is 11.0. The number of aliphatic carboxylic acids is 1. The molecule has 11 nitrogen and oxygen atoms in total. The van der Waals surface area contributed by atoms with Crippen LogP contribution in [0.4, 0.5) is 10.1 Å². The van der Waals surface area contributed by atoms with E-state index in [1.807, 2.05) is 0 Å². The predicted molar refractivity (Wildman–Crippen MR) is 124 cm³/mol. The monoisotopic (exact) mass is 503 g/mol. The molecule has 0 saturated carbocycles. The van der Waals surface area contributed by atoms with Crippen LogP contribution in [0.5, 0.6) is 0 Å². The third-order valence-electron chi connectivity index (χ3n) is 5.21. The van der Waals surface area contributed by atoms with Gasteiger partial charge in [0.25, 0.3) is 5.69 Å². The van der Waals surface area contributed by atoms with E-state index in [9.17, 15) is 38.8 Å². The summed E-state index contributed by atoms with van der Waals surface area (Å²) in [5.74, 6) is -5.37. The van der Waals surface area contributed by atoms with Gasteiger partial charge in [-0.2, -0.15) is 0 Å². The van der Waals surface area contributed by atoms with Gasteiger partial charge in [-0.15, -0.1) is 0 Å². The number of esters is 1. The van der Waals surface area contributed by atoms with Crippen LogP contribution in [-0.2, 0) is 30.3 Å². The predicted octanol–water partition coefficient (Wildman–Crippen LogP) is 2.09. The lowest BCUT2D eigenvalue weighted by molar-refractivity contribution is -0.384. The zero-order valence-corrected chi connectivity index (χ0v) is 19.6. The molecule has 2 rings (SSSR count). The molecule has 12 heteroatoms. The van der Waals surface area contributed by atoms with Gasteiger partial charge in [-0.1, -0.05) is 24.3 Å². The Morgan fingerprint density at radius 2 is 1.78 bits per heavy atom. The number of hydrogen-bond acceptors (Lipinski definition) is 7. The highest BCUT2D eigenvalue weighted by molar-refractivity contribution is 5.91. The first-order chi connectivity index (χ1) is 17.0. The van der Waals surface area contributed by atoms with Crippen LogP contribution in [0.15, 0.2) is 48.5 Å². The molecule has 0 aromatic heterocycles. The molecule has 0 aliphatic carbocycles. The maximum atomic E-state index is 13.6. The van der Waals surface area contributed by atoms with Crippen molar-refractivity contribution in [2.75, 3.05) is 6.61 Å². The number of halogens is 1. The minimum Gasteiger partial charge on any atom is -0.480 e. The van der Waals surface area contributed by atoms with Crippen LogP contribution >= 0.6 is 0 Å². The number of carbonyl (C=O) groups is 4. The van der Waals surface area contributed by atoms with Gasteiger partial charge in [-0.3, -0.25) is 24.5 Å². The lowest BCUT2D eigenvalue weighted by Gasteiger charge is -2.27. The van der Waals surface area contributed by atoms with E-state index in [1.165, 1.54) is 37.3 Å². The summed E-state index contributed by atoms with van der Waals surface area (Å²) in [7, 11) is 0. The zero-order chi connectivity index (χ0) is 26.8. The summed E-state index contributed by atoms with van der Waals surface area (Å²) < 4.78 is 18.5. The van der Waals surface area contributed by atoms with Crippen molar-refractivity contribution in [3.63, 3.8) is 0 Å². The van der Waals surface area contributed by atoms with Gasteiger partial charge in [-0.25, -0.2) is 9.18 Å². The molecule has 192 valence electrons. The van der Waals surface area contributed by atoms with Gasteiger partial charge in [0.1, 0.15) is 17.9 Å². The lowest BCUT2D eigenvalue weighted by atomic mass is 9.88. The topological polar surface area (TPSA) is 165 Å². The molecule has 3 atom stereocenters. The van der Waals surface area contributed by atoms with Gasteiger partial charge in [-0.05, 0) is 30.2 Å². The highest BCUT2D eigenvalue weighted by Crippen LogP contribution is 2.27. The van der Waals surface area contributed by atoms with E-state index < -0.39 is 58.9 Å². The fourth-order valence-corrected chi connectivity index (χ4v) is 3.61. The van der Waals surface area contributed by atoms with Crippen molar-refractivity contribution in [3.05, 3.63) is 75.6 Å². The van der Waals surface area contributed by atoms with Crippen molar-refractivity contribution in [2.45, 2.75) is 44.7 Å². The molecule has 36 heavy (non-hydrogen) atoms. The smallest absolute Gasteiger partial charge is 0.326 e. The normalized spacial score (nSPS) is 13.1. The maximum Gasteiger partial charge on any atom is 0.326 e. The number of ether oxygens (including phenoxy) is 1. The quantitative estimate of drug-likeness (QED) is 0.225. The van der Waals surface area contributed by atoms with Gasteiger partial charge in [0.15, 0.2) is 0 Å². The van der Waals surface area contributed by atoms with Crippen LogP contribution in [0.25, 0.3) is 0 Å². The molecule has 0 bridgehead atoms. The summed E-state index contributed by atoms with van der Waals surface area (Å²) >= 11 is 0. The maximum absolute atomic E-state index is 13.6. The molecule has 2 aromatic carbocycles. The minimum absolute atomic E-state index is 0.0359. The molecule has 0 heterocycles. The largest absolute Gasteiger partial charge is 0.480 e. The van der Waals surface area contributed by atoms with E-state index in [1.54, 1.807) is 13.0 Å². The van der Waals surface area contributed by atoms with Crippen molar-refractivity contribution in [2.24, 2.45) is 0 Å². The summed E-state index contributed by atoms with van der Waals surface area (Å²) in [5, 5.41) is 25.7. The molecule has 3 N–H and O–H groups in total. The summed E-state index contributed by atoms with van der Waals surface area (Å²) in [4.78, 5) is 59.6. The fraction of sp³-hybridized carbons (Fsp3) is 0.333. The van der Waals surface area contributed by atoms with Crippen LogP contribution in [0.1, 0.15) is 37.3 Å². The van der Waals surface area contributed by atoms with Gasteiger partial charge in [0.05, 0.1) is 18.0 Å². The number of benzene rings is 2. The zero-order valence-electron chi connectivity index (χ0n) is 19.6. The number of nitrogens with zero attached hydrogens (tertiary/aromatic N) is 1. The number of carbonyl (C=O) groups excluding carboxylic acids is 3. The first-order valence-corrected chi connectivity index (χ1v) is 11.0. The van der Waals surface area contributed by atoms with Gasteiger partial charge in [0.2, 0.25) is 11.8 Å². The second kappa shape index (κ2) is 12.9. The Balaban J connectivity index is 2.38. The molecule has 2 aromatic rings. The minimum atomic E-state index is -1.66. The first kappa shape index (κ1) is 27.9. The summed E-state index contributed by atoms with van der Waals surface area (Å²) in [5.41, 5.74) is 0.377. The van der Waals surface area contributed by atoms with E-state index in [2.05, 4.69) is 10.6 Å². The molecule has 0 unspecified atom stereocenters. The van der Waals surface area contributed by atoms with E-state index in [-0.39, 0.29) is 24.3 Å². The van der Waals surface area contributed by atoms with Crippen LogP contribution in [0.2, 0.25) is 0 Å². The second-order valence-corrected chi connectivity index (χ2v) is 7.88. The van der Waals surface area contributed by atoms with Crippen LogP contribution < -0.4 is 10.6 Å². The Morgan fingerprint density at radius 1 is 1.11 bits per heavy atom. The third kappa shape index (κ3) is 8.15. The number of carboxylic acids is 1. The van der Waals surface area contributed by atoms with Crippen LogP contribution in [-0.4, -0.2) is 52.5 Å². The van der Waals surface area contributed by atoms with Crippen molar-refractivity contribution in [3.8, 4) is 0 Å². The number of nitro benzene ring substituents is 1. The van der Waals surface area contributed by atoms with Crippen molar-refractivity contribution >= 4 is 29.4 Å². The number of rotatable bonds is 12. The van der Waals surface area contributed by atoms with E-state index in [0.29, 0.717) is 5.56 Å². The van der Waals surface area contributed by atoms with Crippen LogP contribution in [0, 0.1) is 15.9 Å². The molecule has 0 spiro atoms. The van der Waals surface area contributed by atoms with E-state index >= 15 is 0 Å². The van der Waals surface area contributed by atoms with Crippen LogP contribution in [0.3, 0.4) is 0 Å². The Kier molecular flexibility index (Phi) is 10.0. The molecule has 2 amide bonds. The number of amides is 2. The third-order valence-corrected chi connectivity index (χ3v) is 5.21. The second-order valence-electron chi connectivity index (χ2n) is 7.88. The fourth-order valence-electron chi connectivity index (χ4n) is 3.61. The van der Waals surface area contributed by atoms with E-state index in [0.717, 1.165) is 12.1 Å². The van der Waals surface area contributed by atoms with Gasteiger partial charge >= 0.3 is 11.9 Å². The Labute approximate surface area is 205 Å². The molecular weight excluding hydrogens is 477 g/mol. The molecule has 0 radical (unpaired) electrons. The summed E-state index contributed by atoms with van der Waals surface area (Å²) in [6.45, 7) is 2.77. The number of nitro groups is 1. The van der Waals surface area contributed by atoms with Crippen molar-refractivity contribution in [1.82, 2.24) is 10.6 Å². The lowest BCUT2D eigenvalue weighted by Crippen LogP contribution is -2.54. The van der Waals surface area contributed by atoms with Gasteiger partial charge < -0.3 is 20.5 Å². The Bertz CT molecular complexity index is 1120. The number of carboxylic acid groups (broad SMARTS) is 1. The number of hydrogen-bond donors (Lipinski definition) is 3. The average molecular weight is 503 g/mol. The number of non-ortho nitro benzene ring substituents is 1. The molecule has 0 aliphatic heterocycles. The standard InChI is InChI=1S/C24H26FN3O8/c1-3-36-21(30)13-19(16-7-9-18(10-8-16)28(34)35)22(24(32)33)27-23(31)20(26-14(2)29)12-15-5-4-6-17(25)11-15/h4-11,19-20,22H,3,12-13H2,1-2H3,(H,26,29)(H,27,31)(H,32,33)/t19-,20+,22+/m1/s1. The molecular formula is C24H26FN3O8. The Morgan fingerprint density at radius 3 is 2.31 bits per heavy atom. The molecule has 0 saturated heterocycles. The SMILES string of the molecule is CCOC(=O)C[C@H](c1ccc([N+](=O)[O-])cc1)[C@H](NC(=O)[C@H](Cc1cccc(F)c1)NC(C)=O)C(=O)O. The summed E-state index contributed by atoms with van der Waals surface area (Å²) in [6, 6.07) is 7.34. The highest BCUT2D eigenvalue weighted by atomic mass is 19.1. The highest BCUT2D eigenvalue weighted by Gasteiger charge is 2.35. The molecule has 0 aliphatic rings. The summed E-state index contributed by atoms with van der Waals surface area (Å²) in [6.07, 6.45) is -0.576. The van der Waals surface area contributed by atoms with E-state index in [4.69, 9.17) is 4.74 Å². The van der Waals surface area contributed by atoms with Gasteiger partial charge in [0, 0.05) is 31.4 Å². The molecule has 0 fully saturated rings.